The summed E-state index contributed by atoms with van der Waals surface area (Å²) < 4.78 is 38.0. The molecule has 1 atom stereocenters. The highest BCUT2D eigenvalue weighted by Crippen LogP contribution is 2.29. The van der Waals surface area contributed by atoms with Crippen molar-refractivity contribution in [2.75, 3.05) is 24.3 Å². The molecule has 102 valence electrons. The van der Waals surface area contributed by atoms with E-state index >= 15 is 0 Å². The number of hydrogen-bond acceptors (Lipinski definition) is 4. The number of nitrogens with zero attached hydrogens (tertiary/aromatic N) is 3. The monoisotopic (exact) mass is 262 g/mol. The van der Waals surface area contributed by atoms with Crippen LogP contribution < -0.4 is 10.2 Å². The summed E-state index contributed by atoms with van der Waals surface area (Å²) in [5.41, 5.74) is 0. The summed E-state index contributed by atoms with van der Waals surface area (Å²) in [5, 5.41) is 2.61. The normalized spacial score (nSPS) is 13.3. The van der Waals surface area contributed by atoms with E-state index in [2.05, 4.69) is 15.3 Å². The van der Waals surface area contributed by atoms with Crippen LogP contribution in [0.4, 0.5) is 24.8 Å². The van der Waals surface area contributed by atoms with E-state index in [9.17, 15) is 13.2 Å². The van der Waals surface area contributed by atoms with Crippen molar-refractivity contribution >= 4 is 11.6 Å². The summed E-state index contributed by atoms with van der Waals surface area (Å²) in [7, 11) is 3.24. The van der Waals surface area contributed by atoms with Crippen molar-refractivity contribution in [1.29, 1.82) is 0 Å². The number of anilines is 2. The second-order valence-corrected chi connectivity index (χ2v) is 4.05. The van der Waals surface area contributed by atoms with Gasteiger partial charge in [0.15, 0.2) is 0 Å². The zero-order valence-corrected chi connectivity index (χ0v) is 10.8. The lowest BCUT2D eigenvalue weighted by Crippen LogP contribution is -2.30. The first kappa shape index (κ1) is 14.5. The quantitative estimate of drug-likeness (QED) is 0.906. The standard InChI is InChI=1S/C11H17F3N4/c1-5-7(2)18(4)9-6-8(15-3)16-10(17-9)11(12,13)14/h6-7H,5H2,1-4H3,(H,15,16,17). The maximum Gasteiger partial charge on any atom is 0.451 e. The first-order valence-electron chi connectivity index (χ1n) is 5.66. The van der Waals surface area contributed by atoms with Gasteiger partial charge in [-0.3, -0.25) is 0 Å². The van der Waals surface area contributed by atoms with E-state index < -0.39 is 12.0 Å². The Morgan fingerprint density at radius 2 is 2.00 bits per heavy atom. The van der Waals surface area contributed by atoms with Crippen LogP contribution in [0.3, 0.4) is 0 Å². The molecule has 7 heteroatoms. The number of rotatable bonds is 4. The highest BCUT2D eigenvalue weighted by atomic mass is 19.4. The summed E-state index contributed by atoms with van der Waals surface area (Å²) in [6.45, 7) is 3.89. The third kappa shape index (κ3) is 3.24. The van der Waals surface area contributed by atoms with E-state index in [0.717, 1.165) is 6.42 Å². The lowest BCUT2D eigenvalue weighted by Gasteiger charge is -2.25. The topological polar surface area (TPSA) is 41.0 Å². The number of hydrogen-bond donors (Lipinski definition) is 1. The van der Waals surface area contributed by atoms with Gasteiger partial charge in [0.25, 0.3) is 0 Å². The molecule has 0 aliphatic heterocycles. The van der Waals surface area contributed by atoms with Gasteiger partial charge in [-0.05, 0) is 13.3 Å². The van der Waals surface area contributed by atoms with E-state index in [1.807, 2.05) is 13.8 Å². The van der Waals surface area contributed by atoms with E-state index in [-0.39, 0.29) is 17.7 Å². The van der Waals surface area contributed by atoms with Crippen LogP contribution in [-0.4, -0.2) is 30.1 Å². The first-order valence-corrected chi connectivity index (χ1v) is 5.66. The summed E-state index contributed by atoms with van der Waals surface area (Å²) in [5.74, 6) is -0.710. The van der Waals surface area contributed by atoms with Crippen molar-refractivity contribution < 1.29 is 13.2 Å². The first-order chi connectivity index (χ1) is 8.29. The fourth-order valence-corrected chi connectivity index (χ4v) is 1.37. The van der Waals surface area contributed by atoms with Crippen LogP contribution in [0, 0.1) is 0 Å². The third-order valence-corrected chi connectivity index (χ3v) is 2.84. The molecule has 1 N–H and O–H groups in total. The fraction of sp³-hybridized carbons (Fsp3) is 0.636. The Kier molecular flexibility index (Phi) is 4.37. The third-order valence-electron chi connectivity index (χ3n) is 2.84. The summed E-state index contributed by atoms with van der Waals surface area (Å²) in [4.78, 5) is 8.69. The van der Waals surface area contributed by atoms with Gasteiger partial charge in [0.1, 0.15) is 11.6 Å². The van der Waals surface area contributed by atoms with Crippen molar-refractivity contribution in [1.82, 2.24) is 9.97 Å². The van der Waals surface area contributed by atoms with Gasteiger partial charge in [-0.15, -0.1) is 0 Å². The van der Waals surface area contributed by atoms with Crippen LogP contribution in [0.25, 0.3) is 0 Å². The smallest absolute Gasteiger partial charge is 0.373 e. The minimum absolute atomic E-state index is 0.102. The van der Waals surface area contributed by atoms with Crippen LogP contribution >= 0.6 is 0 Å². The molecule has 1 heterocycles. The Bertz CT molecular complexity index is 406. The minimum Gasteiger partial charge on any atom is -0.373 e. The van der Waals surface area contributed by atoms with Crippen molar-refractivity contribution in [3.63, 3.8) is 0 Å². The largest absolute Gasteiger partial charge is 0.451 e. The summed E-state index contributed by atoms with van der Waals surface area (Å²) >= 11 is 0. The second kappa shape index (κ2) is 5.41. The molecule has 1 aromatic heterocycles. The van der Waals surface area contributed by atoms with Crippen molar-refractivity contribution in [3.8, 4) is 0 Å². The molecule has 0 radical (unpaired) electrons. The molecular weight excluding hydrogens is 245 g/mol. The van der Waals surface area contributed by atoms with Crippen LogP contribution in [0.15, 0.2) is 6.07 Å². The molecule has 0 spiro atoms. The van der Waals surface area contributed by atoms with Crippen molar-refractivity contribution in [3.05, 3.63) is 11.9 Å². The van der Waals surface area contributed by atoms with Gasteiger partial charge in [-0.2, -0.15) is 13.2 Å². The van der Waals surface area contributed by atoms with Gasteiger partial charge < -0.3 is 10.2 Å². The van der Waals surface area contributed by atoms with E-state index in [0.29, 0.717) is 0 Å². The van der Waals surface area contributed by atoms with E-state index in [1.54, 1.807) is 11.9 Å². The van der Waals surface area contributed by atoms with Gasteiger partial charge in [0.2, 0.25) is 5.82 Å². The molecule has 0 aliphatic rings. The Morgan fingerprint density at radius 3 is 2.44 bits per heavy atom. The van der Waals surface area contributed by atoms with Gasteiger partial charge in [0, 0.05) is 26.2 Å². The van der Waals surface area contributed by atoms with Crippen LogP contribution in [-0.2, 0) is 6.18 Å². The van der Waals surface area contributed by atoms with Crippen molar-refractivity contribution in [2.45, 2.75) is 32.5 Å². The highest BCUT2D eigenvalue weighted by molar-refractivity contribution is 5.49. The summed E-state index contributed by atoms with van der Waals surface area (Å²) in [6, 6.07) is 1.60. The number of alkyl halides is 3. The Morgan fingerprint density at radius 1 is 1.39 bits per heavy atom. The molecule has 0 saturated heterocycles. The lowest BCUT2D eigenvalue weighted by atomic mass is 10.2. The lowest BCUT2D eigenvalue weighted by molar-refractivity contribution is -0.144. The zero-order valence-electron chi connectivity index (χ0n) is 10.8. The number of nitrogens with one attached hydrogen (secondary N) is 1. The molecule has 1 unspecified atom stereocenters. The maximum absolute atomic E-state index is 12.7. The predicted octanol–water partition coefficient (Wildman–Crippen LogP) is 2.77. The predicted molar refractivity (Wildman–Crippen MR) is 64.7 cm³/mol. The molecule has 4 nitrogen and oxygen atoms in total. The second-order valence-electron chi connectivity index (χ2n) is 4.05. The molecule has 0 aromatic carbocycles. The minimum atomic E-state index is -4.54. The van der Waals surface area contributed by atoms with Gasteiger partial charge >= 0.3 is 6.18 Å². The molecule has 0 aliphatic carbocycles. The molecule has 18 heavy (non-hydrogen) atoms. The summed E-state index contributed by atoms with van der Waals surface area (Å²) in [6.07, 6.45) is -3.73. The zero-order chi connectivity index (χ0) is 13.9. The molecule has 0 saturated carbocycles. The number of aromatic nitrogens is 2. The van der Waals surface area contributed by atoms with Crippen molar-refractivity contribution in [2.24, 2.45) is 0 Å². The highest BCUT2D eigenvalue weighted by Gasteiger charge is 2.35. The maximum atomic E-state index is 12.7. The molecule has 0 bridgehead atoms. The molecule has 1 aromatic rings. The average Bonchev–Trinajstić information content (AvgIpc) is 2.35. The number of halogens is 3. The SMILES string of the molecule is CCC(C)N(C)c1cc(NC)nc(C(F)(F)F)n1. The average molecular weight is 262 g/mol. The molecular formula is C11H17F3N4. The van der Waals surface area contributed by atoms with Crippen LogP contribution in [0.2, 0.25) is 0 Å². The fourth-order valence-electron chi connectivity index (χ4n) is 1.37. The van der Waals surface area contributed by atoms with Gasteiger partial charge in [0.05, 0.1) is 0 Å². The molecule has 1 rings (SSSR count). The Labute approximate surface area is 104 Å². The van der Waals surface area contributed by atoms with E-state index in [1.165, 1.54) is 13.1 Å². The van der Waals surface area contributed by atoms with Crippen LogP contribution in [0.1, 0.15) is 26.1 Å². The Balaban J connectivity index is 3.20. The van der Waals surface area contributed by atoms with Crippen LogP contribution in [0.5, 0.6) is 0 Å². The van der Waals surface area contributed by atoms with Gasteiger partial charge in [-0.1, -0.05) is 6.92 Å². The van der Waals surface area contributed by atoms with E-state index in [4.69, 9.17) is 0 Å². The van der Waals surface area contributed by atoms with Gasteiger partial charge in [-0.25, -0.2) is 9.97 Å². The molecule has 0 fully saturated rings. The molecule has 0 amide bonds. The Hall–Kier alpha value is -1.53.